The van der Waals surface area contributed by atoms with Gasteiger partial charge in [-0.25, -0.2) is 0 Å². The molecule has 0 bridgehead atoms. The van der Waals surface area contributed by atoms with E-state index in [-0.39, 0.29) is 17.0 Å². The Morgan fingerprint density at radius 2 is 0.938 bits per heavy atom. The van der Waals surface area contributed by atoms with Crippen LogP contribution in [0.2, 0.25) is 0 Å². The number of unbranched alkanes of at least 4 members (excludes halogenated alkanes) is 2. The minimum Gasteiger partial charge on any atom is -1.00 e. The summed E-state index contributed by atoms with van der Waals surface area (Å²) in [5.41, 5.74) is 2.76. The predicted octanol–water partition coefficient (Wildman–Crippen LogP) is 8.05. The van der Waals surface area contributed by atoms with Crippen LogP contribution in [0.25, 0.3) is 32.3 Å². The summed E-state index contributed by atoms with van der Waals surface area (Å²) in [6.07, 6.45) is 5.88. The highest BCUT2D eigenvalue weighted by atomic mass is 79.9. The molecule has 0 atom stereocenters. The van der Waals surface area contributed by atoms with Gasteiger partial charge in [-0.3, -0.25) is 0 Å². The van der Waals surface area contributed by atoms with Gasteiger partial charge in [-0.2, -0.15) is 0 Å². The van der Waals surface area contributed by atoms with Crippen molar-refractivity contribution in [3.63, 3.8) is 0 Å². The van der Waals surface area contributed by atoms with E-state index in [0.29, 0.717) is 0 Å². The van der Waals surface area contributed by atoms with Gasteiger partial charge in [0.15, 0.2) is 0 Å². The molecule has 0 amide bonds. The van der Waals surface area contributed by atoms with Gasteiger partial charge in [0.05, 0.1) is 6.16 Å². The summed E-state index contributed by atoms with van der Waals surface area (Å²) in [4.78, 5) is 2.59. The Kier molecular flexibility index (Phi) is 11.0. The lowest BCUT2D eigenvalue weighted by Gasteiger charge is -2.28. The molecule has 48 heavy (non-hydrogen) atoms. The number of benzene rings is 7. The molecular formula is C45H45BrNP. The lowest BCUT2D eigenvalue weighted by atomic mass is 9.95. The molecule has 0 N–H and O–H groups in total. The van der Waals surface area contributed by atoms with Gasteiger partial charge in [-0.15, -0.1) is 0 Å². The van der Waals surface area contributed by atoms with E-state index < -0.39 is 7.26 Å². The van der Waals surface area contributed by atoms with Crippen LogP contribution in [0, 0.1) is 0 Å². The summed E-state index contributed by atoms with van der Waals surface area (Å²) in [5, 5.41) is 12.3. The molecule has 7 rings (SSSR count). The molecule has 0 aliphatic carbocycles. The first-order chi connectivity index (χ1) is 23.2. The largest absolute Gasteiger partial charge is 1.00 e. The lowest BCUT2D eigenvalue weighted by Crippen LogP contribution is -3.00. The Labute approximate surface area is 297 Å². The van der Waals surface area contributed by atoms with E-state index in [0.717, 1.165) is 19.3 Å². The summed E-state index contributed by atoms with van der Waals surface area (Å²) >= 11 is 0. The average Bonchev–Trinajstić information content (AvgIpc) is 3.14. The Morgan fingerprint density at radius 1 is 0.458 bits per heavy atom. The fraction of sp³-hybridized carbons (Fsp3) is 0.200. The zero-order valence-corrected chi connectivity index (χ0v) is 30.6. The summed E-state index contributed by atoms with van der Waals surface area (Å²) in [7, 11) is -2.02. The van der Waals surface area contributed by atoms with Crippen LogP contribution in [0.3, 0.4) is 0 Å². The normalized spacial score (nSPS) is 11.5. The van der Waals surface area contributed by atoms with Gasteiger partial charge in [0.2, 0.25) is 0 Å². The summed E-state index contributed by atoms with van der Waals surface area (Å²) in [5.74, 6) is 0. The highest BCUT2D eigenvalue weighted by Gasteiger charge is 2.45. The van der Waals surface area contributed by atoms with E-state index in [4.69, 9.17) is 0 Å². The average molecular weight is 711 g/mol. The third kappa shape index (κ3) is 6.54. The maximum atomic E-state index is 2.59. The van der Waals surface area contributed by atoms with E-state index in [2.05, 4.69) is 170 Å². The fourth-order valence-electron chi connectivity index (χ4n) is 7.39. The Morgan fingerprint density at radius 3 is 1.50 bits per heavy atom. The second-order valence-corrected chi connectivity index (χ2v) is 16.3. The summed E-state index contributed by atoms with van der Waals surface area (Å²) < 4.78 is 0. The van der Waals surface area contributed by atoms with Crippen LogP contribution < -0.4 is 37.8 Å². The van der Waals surface area contributed by atoms with Gasteiger partial charge < -0.3 is 21.9 Å². The highest BCUT2D eigenvalue weighted by Crippen LogP contribution is 2.58. The maximum absolute atomic E-state index is 2.59. The molecule has 0 aliphatic rings. The van der Waals surface area contributed by atoms with Crippen molar-refractivity contribution in [3.8, 4) is 0 Å². The number of hydrogen-bond acceptors (Lipinski definition) is 1. The van der Waals surface area contributed by atoms with Crippen molar-refractivity contribution >= 4 is 61.2 Å². The summed E-state index contributed by atoms with van der Waals surface area (Å²) in [6, 6.07) is 57.3. The minimum atomic E-state index is -2.02. The topological polar surface area (TPSA) is 3.24 Å². The molecule has 0 fully saturated rings. The summed E-state index contributed by atoms with van der Waals surface area (Å²) in [6.45, 7) is 6.82. The van der Waals surface area contributed by atoms with Crippen LogP contribution in [-0.4, -0.2) is 13.1 Å². The molecule has 7 aromatic carbocycles. The Hall–Kier alpha value is -3.97. The van der Waals surface area contributed by atoms with Gasteiger partial charge in [-0.05, 0) is 99.3 Å². The quantitative estimate of drug-likeness (QED) is 0.0917. The molecule has 0 aromatic heterocycles. The first kappa shape index (κ1) is 33.9. The minimum absolute atomic E-state index is 0. The third-order valence-corrected chi connectivity index (χ3v) is 14.2. The van der Waals surface area contributed by atoms with Crippen molar-refractivity contribution in [2.24, 2.45) is 0 Å². The molecule has 0 radical (unpaired) electrons. The predicted molar refractivity (Wildman–Crippen MR) is 210 cm³/mol. The molecule has 0 spiro atoms. The van der Waals surface area contributed by atoms with Crippen molar-refractivity contribution in [1.82, 2.24) is 0 Å². The molecule has 0 aliphatic heterocycles. The van der Waals surface area contributed by atoms with Crippen LogP contribution in [0.15, 0.2) is 152 Å². The standard InChI is InChI=1S/C45H45NP.BrH/c1-3-5-31-46(32-6-4-2)37-26-28-41-35(33-37)25-27-45-43-24-16-17-36(42(43)29-30-44(41)45)34-47(38-18-10-7-11-19-38,39-20-12-8-13-21-39)40-22-14-9-15-23-40;/h7-30,33H,3-6,31-32,34H2,1-2H3;1H/q+1;/p-1. The van der Waals surface area contributed by atoms with Crippen molar-refractivity contribution in [2.45, 2.75) is 45.7 Å². The van der Waals surface area contributed by atoms with E-state index in [1.807, 2.05) is 0 Å². The number of anilines is 1. The Balaban J connectivity index is 0.00000401. The molecule has 0 heterocycles. The number of hydrogen-bond donors (Lipinski definition) is 0. The third-order valence-electron chi connectivity index (χ3n) is 9.88. The van der Waals surface area contributed by atoms with Crippen LogP contribution in [0.1, 0.15) is 45.1 Å². The molecule has 0 saturated carbocycles. The molecule has 242 valence electrons. The van der Waals surface area contributed by atoms with Crippen molar-refractivity contribution < 1.29 is 17.0 Å². The van der Waals surface area contributed by atoms with Gasteiger partial charge in [-0.1, -0.05) is 130 Å². The second kappa shape index (κ2) is 15.5. The van der Waals surface area contributed by atoms with Crippen molar-refractivity contribution in [2.75, 3.05) is 18.0 Å². The number of fused-ring (bicyclic) bond motifs is 5. The number of nitrogens with zero attached hydrogens (tertiary/aromatic N) is 1. The van der Waals surface area contributed by atoms with E-state index in [9.17, 15) is 0 Å². The van der Waals surface area contributed by atoms with E-state index in [1.54, 1.807) is 0 Å². The van der Waals surface area contributed by atoms with Crippen LogP contribution in [0.5, 0.6) is 0 Å². The fourth-order valence-corrected chi connectivity index (χ4v) is 11.7. The van der Waals surface area contributed by atoms with Gasteiger partial charge in [0.25, 0.3) is 0 Å². The van der Waals surface area contributed by atoms with Gasteiger partial charge in [0.1, 0.15) is 23.2 Å². The van der Waals surface area contributed by atoms with E-state index >= 15 is 0 Å². The van der Waals surface area contributed by atoms with Crippen LogP contribution in [-0.2, 0) is 6.16 Å². The first-order valence-corrected chi connectivity index (χ1v) is 19.4. The molecule has 0 unspecified atom stereocenters. The van der Waals surface area contributed by atoms with Crippen molar-refractivity contribution in [3.05, 3.63) is 157 Å². The smallest absolute Gasteiger partial charge is 0.116 e. The molecular weight excluding hydrogens is 665 g/mol. The molecule has 1 nitrogen and oxygen atoms in total. The van der Waals surface area contributed by atoms with Gasteiger partial charge in [0, 0.05) is 18.8 Å². The second-order valence-electron chi connectivity index (χ2n) is 12.8. The SMILES string of the molecule is CCCCN(CCCC)c1ccc2c(ccc3c4cccc(C[P+](c5ccccc5)(c5ccccc5)c5ccccc5)c4ccc23)c1.[Br-]. The zero-order valence-electron chi connectivity index (χ0n) is 28.2. The van der Waals surface area contributed by atoms with Crippen molar-refractivity contribution in [1.29, 1.82) is 0 Å². The molecule has 3 heteroatoms. The molecule has 0 saturated heterocycles. The Bertz CT molecular complexity index is 1990. The highest BCUT2D eigenvalue weighted by molar-refractivity contribution is 7.95. The van der Waals surface area contributed by atoms with Gasteiger partial charge >= 0.3 is 0 Å². The van der Waals surface area contributed by atoms with Crippen LogP contribution >= 0.6 is 7.26 Å². The lowest BCUT2D eigenvalue weighted by molar-refractivity contribution is -0.00000911. The first-order valence-electron chi connectivity index (χ1n) is 17.4. The van der Waals surface area contributed by atoms with E-state index in [1.165, 1.54) is 85.2 Å². The number of halogens is 1. The number of rotatable bonds is 12. The maximum Gasteiger partial charge on any atom is 0.116 e. The zero-order chi connectivity index (χ0) is 32.1. The van der Waals surface area contributed by atoms with Crippen LogP contribution in [0.4, 0.5) is 5.69 Å². The molecule has 7 aromatic rings. The monoisotopic (exact) mass is 709 g/mol.